The molecular formula is C21H35NO3. The van der Waals surface area contributed by atoms with E-state index >= 15 is 0 Å². The summed E-state index contributed by atoms with van der Waals surface area (Å²) in [6.45, 7) is 6.67. The first-order valence-electron chi connectivity index (χ1n) is 10.4. The van der Waals surface area contributed by atoms with Gasteiger partial charge in [0, 0.05) is 5.92 Å². The molecule has 0 amide bonds. The largest absolute Gasteiger partial charge is 0.411 e. The summed E-state index contributed by atoms with van der Waals surface area (Å²) in [4.78, 5) is 0. The second-order valence-electron chi connectivity index (χ2n) is 10.2. The van der Waals surface area contributed by atoms with Gasteiger partial charge in [-0.2, -0.15) is 0 Å². The van der Waals surface area contributed by atoms with Crippen LogP contribution in [0.5, 0.6) is 0 Å². The molecule has 9 atom stereocenters. The number of aliphatic hydroxyl groups is 2. The summed E-state index contributed by atoms with van der Waals surface area (Å²) in [7, 11) is 0. The van der Waals surface area contributed by atoms with Crippen molar-refractivity contribution in [2.45, 2.75) is 84.3 Å². The van der Waals surface area contributed by atoms with Crippen molar-refractivity contribution >= 4 is 5.71 Å². The van der Waals surface area contributed by atoms with Crippen molar-refractivity contribution < 1.29 is 15.4 Å². The normalized spacial score (nSPS) is 55.3. The number of rotatable bonds is 1. The Morgan fingerprint density at radius 2 is 1.84 bits per heavy atom. The van der Waals surface area contributed by atoms with Crippen molar-refractivity contribution in [3.8, 4) is 0 Å². The van der Waals surface area contributed by atoms with Gasteiger partial charge in [0.05, 0.1) is 17.9 Å². The molecule has 25 heavy (non-hydrogen) atoms. The van der Waals surface area contributed by atoms with Crippen LogP contribution in [0.2, 0.25) is 0 Å². The Morgan fingerprint density at radius 3 is 2.52 bits per heavy atom. The molecule has 0 aromatic heterocycles. The average molecular weight is 350 g/mol. The summed E-state index contributed by atoms with van der Waals surface area (Å²) < 4.78 is 0. The molecule has 0 bridgehead atoms. The zero-order valence-electron chi connectivity index (χ0n) is 16.0. The van der Waals surface area contributed by atoms with Gasteiger partial charge in [0.2, 0.25) is 0 Å². The van der Waals surface area contributed by atoms with E-state index in [-0.39, 0.29) is 23.0 Å². The minimum atomic E-state index is -0.289. The Morgan fingerprint density at radius 1 is 1.08 bits per heavy atom. The number of nitrogens with zero attached hydrogens (tertiary/aromatic N) is 1. The maximum absolute atomic E-state index is 10.3. The van der Waals surface area contributed by atoms with Crippen molar-refractivity contribution in [3.63, 3.8) is 0 Å². The Kier molecular flexibility index (Phi) is 4.23. The fourth-order valence-electron chi connectivity index (χ4n) is 8.01. The molecule has 0 aromatic rings. The van der Waals surface area contributed by atoms with Gasteiger partial charge in [-0.25, -0.2) is 0 Å². The number of oxime groups is 1. The zero-order valence-corrected chi connectivity index (χ0v) is 16.0. The SMILES string of the molecule is C[C@H](O)[C@@H]1CC[C@@H]2[C@@H]3CC[C@@H]4C[C@H](O)CC[C@]4(C)[C@@H]3/C(=N/O)C[C@@]21C. The summed E-state index contributed by atoms with van der Waals surface area (Å²) in [5, 5.41) is 34.3. The van der Waals surface area contributed by atoms with Gasteiger partial charge in [-0.05, 0) is 92.8 Å². The topological polar surface area (TPSA) is 73.0 Å². The van der Waals surface area contributed by atoms with Crippen LogP contribution in [0.4, 0.5) is 0 Å². The van der Waals surface area contributed by atoms with E-state index in [2.05, 4.69) is 19.0 Å². The summed E-state index contributed by atoms with van der Waals surface area (Å²) in [5.41, 5.74) is 1.21. The molecule has 4 nitrogen and oxygen atoms in total. The van der Waals surface area contributed by atoms with E-state index in [1.807, 2.05) is 6.92 Å². The highest BCUT2D eigenvalue weighted by molar-refractivity contribution is 5.89. The van der Waals surface area contributed by atoms with Crippen LogP contribution in [0.3, 0.4) is 0 Å². The molecule has 0 saturated heterocycles. The van der Waals surface area contributed by atoms with Crippen LogP contribution in [0.1, 0.15) is 72.1 Å². The van der Waals surface area contributed by atoms with E-state index in [4.69, 9.17) is 0 Å². The number of fused-ring (bicyclic) bond motifs is 5. The van der Waals surface area contributed by atoms with Gasteiger partial charge in [-0.3, -0.25) is 0 Å². The van der Waals surface area contributed by atoms with E-state index in [9.17, 15) is 15.4 Å². The molecule has 4 rings (SSSR count). The van der Waals surface area contributed by atoms with Gasteiger partial charge in [0.15, 0.2) is 0 Å². The third-order valence-corrected chi connectivity index (χ3v) is 9.12. The predicted molar refractivity (Wildman–Crippen MR) is 97.5 cm³/mol. The molecule has 4 aliphatic rings. The number of hydrogen-bond donors (Lipinski definition) is 3. The third kappa shape index (κ3) is 2.43. The highest BCUT2D eigenvalue weighted by atomic mass is 16.4. The molecule has 0 spiro atoms. The van der Waals surface area contributed by atoms with Crippen molar-refractivity contribution in [2.24, 2.45) is 45.6 Å². The molecule has 4 fully saturated rings. The minimum absolute atomic E-state index is 0.0638. The zero-order chi connectivity index (χ0) is 18.0. The fraction of sp³-hybridized carbons (Fsp3) is 0.952. The van der Waals surface area contributed by atoms with E-state index in [0.717, 1.165) is 37.8 Å². The monoisotopic (exact) mass is 349 g/mol. The highest BCUT2D eigenvalue weighted by Gasteiger charge is 2.63. The summed E-state index contributed by atoms with van der Waals surface area (Å²) in [6.07, 6.45) is 7.91. The lowest BCUT2D eigenvalue weighted by molar-refractivity contribution is -0.0897. The Hall–Kier alpha value is -0.610. The van der Waals surface area contributed by atoms with Crippen molar-refractivity contribution in [2.75, 3.05) is 0 Å². The molecule has 0 heterocycles. The van der Waals surface area contributed by atoms with E-state index < -0.39 is 0 Å². The maximum atomic E-state index is 10.3. The third-order valence-electron chi connectivity index (χ3n) is 9.12. The van der Waals surface area contributed by atoms with Gasteiger partial charge >= 0.3 is 0 Å². The first-order chi connectivity index (χ1) is 11.8. The first-order valence-corrected chi connectivity index (χ1v) is 10.4. The second kappa shape index (κ2) is 5.95. The van der Waals surface area contributed by atoms with Crippen LogP contribution in [-0.4, -0.2) is 33.3 Å². The molecule has 0 aliphatic heterocycles. The number of aliphatic hydroxyl groups excluding tert-OH is 2. The predicted octanol–water partition coefficient (Wildman–Crippen LogP) is 3.83. The molecule has 0 unspecified atom stereocenters. The van der Waals surface area contributed by atoms with Gasteiger partial charge < -0.3 is 15.4 Å². The Labute approximate surface area is 151 Å². The molecule has 4 heteroatoms. The quantitative estimate of drug-likeness (QED) is 0.497. The minimum Gasteiger partial charge on any atom is -0.411 e. The lowest BCUT2D eigenvalue weighted by Gasteiger charge is -2.60. The van der Waals surface area contributed by atoms with Crippen LogP contribution in [0.25, 0.3) is 0 Å². The second-order valence-corrected chi connectivity index (χ2v) is 10.2. The number of hydrogen-bond acceptors (Lipinski definition) is 4. The van der Waals surface area contributed by atoms with Crippen molar-refractivity contribution in [1.29, 1.82) is 0 Å². The Bertz CT molecular complexity index is 561. The van der Waals surface area contributed by atoms with Crippen LogP contribution in [0.15, 0.2) is 5.16 Å². The van der Waals surface area contributed by atoms with Gasteiger partial charge in [0.1, 0.15) is 0 Å². The van der Waals surface area contributed by atoms with Gasteiger partial charge in [-0.15, -0.1) is 0 Å². The highest BCUT2D eigenvalue weighted by Crippen LogP contribution is 2.66. The molecule has 142 valence electrons. The molecular weight excluding hydrogens is 314 g/mol. The summed E-state index contributed by atoms with van der Waals surface area (Å²) in [5.74, 6) is 2.42. The van der Waals surface area contributed by atoms with Gasteiger partial charge in [-0.1, -0.05) is 19.0 Å². The smallest absolute Gasteiger partial charge is 0.0615 e. The Balaban J connectivity index is 1.71. The molecule has 4 saturated carbocycles. The van der Waals surface area contributed by atoms with Crippen molar-refractivity contribution in [1.82, 2.24) is 0 Å². The molecule has 0 radical (unpaired) electrons. The molecule has 3 N–H and O–H groups in total. The standard InChI is InChI=1S/C21H35NO3/c1-12(23)16-6-7-17-15-5-4-13-10-14(24)8-9-20(13,2)19(15)18(22-25)11-21(16,17)3/h12-17,19,23-25H,4-11H2,1-3H3/b22-18+/t12-,13+,14+,15-,16-,17+,19-,20-,21+/m0/s1. The fourth-order valence-corrected chi connectivity index (χ4v) is 8.01. The molecule has 4 aliphatic carbocycles. The van der Waals surface area contributed by atoms with Crippen LogP contribution < -0.4 is 0 Å². The maximum Gasteiger partial charge on any atom is 0.0615 e. The van der Waals surface area contributed by atoms with E-state index in [1.54, 1.807) is 0 Å². The lowest BCUT2D eigenvalue weighted by atomic mass is 9.44. The van der Waals surface area contributed by atoms with Crippen LogP contribution in [0, 0.1) is 40.4 Å². The summed E-state index contributed by atoms with van der Waals surface area (Å²) >= 11 is 0. The average Bonchev–Trinajstić information content (AvgIpc) is 2.91. The lowest BCUT2D eigenvalue weighted by Crippen LogP contribution is -2.58. The summed E-state index contributed by atoms with van der Waals surface area (Å²) in [6, 6.07) is 0. The first kappa shape index (κ1) is 17.8. The van der Waals surface area contributed by atoms with Crippen LogP contribution in [-0.2, 0) is 0 Å². The van der Waals surface area contributed by atoms with E-state index in [0.29, 0.717) is 29.6 Å². The molecule has 0 aromatic carbocycles. The van der Waals surface area contributed by atoms with Crippen LogP contribution >= 0.6 is 0 Å². The van der Waals surface area contributed by atoms with E-state index in [1.165, 1.54) is 19.3 Å². The van der Waals surface area contributed by atoms with Gasteiger partial charge in [0.25, 0.3) is 0 Å². The van der Waals surface area contributed by atoms with Crippen molar-refractivity contribution in [3.05, 3.63) is 0 Å².